The number of carbonyl (C=O) groups excluding carboxylic acids is 2. The molecule has 9 heteroatoms. The maximum Gasteiger partial charge on any atom is 0.244 e. The average Bonchev–Trinajstić information content (AvgIpc) is 3.33. The number of anilines is 1. The van der Waals surface area contributed by atoms with Gasteiger partial charge in [0.15, 0.2) is 0 Å². The van der Waals surface area contributed by atoms with Gasteiger partial charge in [-0.2, -0.15) is 0 Å². The smallest absolute Gasteiger partial charge is 0.244 e. The first-order valence-electron chi connectivity index (χ1n) is 12.0. The Labute approximate surface area is 213 Å². The van der Waals surface area contributed by atoms with Crippen molar-refractivity contribution < 1.29 is 18.0 Å². The fraction of sp³-hybridized carbons (Fsp3) is 0.462. The molecule has 0 unspecified atom stereocenters. The highest BCUT2D eigenvalue weighted by molar-refractivity contribution is 7.92. The van der Waals surface area contributed by atoms with Gasteiger partial charge in [-0.15, -0.1) is 0 Å². The van der Waals surface area contributed by atoms with Gasteiger partial charge in [-0.3, -0.25) is 13.9 Å². The number of halogens is 1. The van der Waals surface area contributed by atoms with E-state index in [0.717, 1.165) is 41.8 Å². The number of nitrogens with one attached hydrogen (secondary N) is 1. The molecule has 0 saturated heterocycles. The molecule has 0 bridgehead atoms. The predicted octanol–water partition coefficient (Wildman–Crippen LogP) is 4.14. The van der Waals surface area contributed by atoms with Crippen LogP contribution < -0.4 is 9.62 Å². The third-order valence-corrected chi connectivity index (χ3v) is 7.98. The Kier molecular flexibility index (Phi) is 9.19. The maximum absolute atomic E-state index is 13.7. The van der Waals surface area contributed by atoms with E-state index in [4.69, 9.17) is 11.6 Å². The Morgan fingerprint density at radius 2 is 1.66 bits per heavy atom. The van der Waals surface area contributed by atoms with Gasteiger partial charge in [-0.05, 0) is 49.4 Å². The van der Waals surface area contributed by atoms with E-state index in [-0.39, 0.29) is 18.5 Å². The van der Waals surface area contributed by atoms with Crippen LogP contribution in [0.4, 0.5) is 5.69 Å². The summed E-state index contributed by atoms with van der Waals surface area (Å²) in [5, 5.41) is 3.53. The number of nitrogens with zero attached hydrogens (tertiary/aromatic N) is 2. The fourth-order valence-electron chi connectivity index (χ4n) is 4.43. The van der Waals surface area contributed by atoms with Gasteiger partial charge in [0.25, 0.3) is 0 Å². The largest absolute Gasteiger partial charge is 0.352 e. The molecule has 1 aliphatic carbocycles. The van der Waals surface area contributed by atoms with Crippen LogP contribution >= 0.6 is 11.6 Å². The highest BCUT2D eigenvalue weighted by atomic mass is 35.5. The van der Waals surface area contributed by atoms with Gasteiger partial charge in [0, 0.05) is 17.6 Å². The van der Waals surface area contributed by atoms with E-state index in [0.29, 0.717) is 22.7 Å². The summed E-state index contributed by atoms with van der Waals surface area (Å²) in [7, 11) is -3.77. The summed E-state index contributed by atoms with van der Waals surface area (Å²) >= 11 is 6.36. The number of amides is 2. The number of para-hydroxylation sites is 1. The zero-order chi connectivity index (χ0) is 25.6. The summed E-state index contributed by atoms with van der Waals surface area (Å²) in [5.74, 6) is -0.729. The molecule has 0 aromatic heterocycles. The topological polar surface area (TPSA) is 86.8 Å². The first kappa shape index (κ1) is 27.0. The van der Waals surface area contributed by atoms with E-state index in [2.05, 4.69) is 5.32 Å². The van der Waals surface area contributed by atoms with E-state index in [1.165, 1.54) is 4.90 Å². The summed E-state index contributed by atoms with van der Waals surface area (Å²) in [6.07, 6.45) is 5.68. The first-order chi connectivity index (χ1) is 16.6. The summed E-state index contributed by atoms with van der Waals surface area (Å²) in [6.45, 7) is 3.27. The lowest BCUT2D eigenvalue weighted by molar-refractivity contribution is -0.139. The Hall–Kier alpha value is -2.58. The number of carbonyl (C=O) groups is 2. The van der Waals surface area contributed by atoms with E-state index in [1.807, 2.05) is 25.1 Å². The Balaban J connectivity index is 1.91. The fourth-order valence-corrected chi connectivity index (χ4v) is 5.51. The maximum atomic E-state index is 13.7. The molecule has 0 radical (unpaired) electrons. The zero-order valence-corrected chi connectivity index (χ0v) is 22.1. The molecule has 3 rings (SSSR count). The normalized spacial score (nSPS) is 15.0. The van der Waals surface area contributed by atoms with Crippen LogP contribution in [0.1, 0.15) is 50.7 Å². The molecule has 1 fully saturated rings. The average molecular weight is 520 g/mol. The summed E-state index contributed by atoms with van der Waals surface area (Å²) in [4.78, 5) is 28.2. The van der Waals surface area contributed by atoms with E-state index >= 15 is 0 Å². The van der Waals surface area contributed by atoms with Gasteiger partial charge in [0.2, 0.25) is 21.8 Å². The summed E-state index contributed by atoms with van der Waals surface area (Å²) in [6, 6.07) is 13.6. The van der Waals surface area contributed by atoms with Gasteiger partial charge < -0.3 is 10.2 Å². The van der Waals surface area contributed by atoms with Gasteiger partial charge >= 0.3 is 0 Å². The van der Waals surface area contributed by atoms with Crippen molar-refractivity contribution in [1.82, 2.24) is 10.2 Å². The van der Waals surface area contributed by atoms with Gasteiger partial charge in [-0.25, -0.2) is 8.42 Å². The lowest BCUT2D eigenvalue weighted by Crippen LogP contribution is -2.52. The molecule has 1 N–H and O–H groups in total. The lowest BCUT2D eigenvalue weighted by Gasteiger charge is -2.32. The number of hydrogen-bond acceptors (Lipinski definition) is 4. The van der Waals surface area contributed by atoms with E-state index < -0.39 is 28.5 Å². The first-order valence-corrected chi connectivity index (χ1v) is 14.2. The van der Waals surface area contributed by atoms with Crippen molar-refractivity contribution in [3.05, 3.63) is 64.7 Å². The van der Waals surface area contributed by atoms with Crippen molar-refractivity contribution in [3.63, 3.8) is 0 Å². The molecule has 2 aromatic carbocycles. The van der Waals surface area contributed by atoms with Crippen LogP contribution in [0, 0.1) is 0 Å². The molecule has 35 heavy (non-hydrogen) atoms. The molecule has 1 aliphatic rings. The molecule has 0 aliphatic heterocycles. The van der Waals surface area contributed by atoms with Crippen molar-refractivity contribution in [1.29, 1.82) is 0 Å². The minimum atomic E-state index is -3.77. The molecule has 0 spiro atoms. The number of aryl methyl sites for hydroxylation is 1. The van der Waals surface area contributed by atoms with Gasteiger partial charge in [-0.1, -0.05) is 67.8 Å². The Morgan fingerprint density at radius 3 is 2.26 bits per heavy atom. The van der Waals surface area contributed by atoms with E-state index in [1.54, 1.807) is 37.3 Å². The number of hydrogen-bond donors (Lipinski definition) is 1. The molecule has 1 saturated carbocycles. The van der Waals surface area contributed by atoms with Crippen LogP contribution in [0.25, 0.3) is 0 Å². The van der Waals surface area contributed by atoms with Crippen LogP contribution in [-0.2, 0) is 32.6 Å². The SMILES string of the molecule is CCc1ccccc1N(CC(=O)N(Cc1ccccc1Cl)[C@H](C)C(=O)NC1CCCC1)S(C)(=O)=O. The van der Waals surface area contributed by atoms with Crippen molar-refractivity contribution in [3.8, 4) is 0 Å². The molecule has 7 nitrogen and oxygen atoms in total. The summed E-state index contributed by atoms with van der Waals surface area (Å²) in [5.41, 5.74) is 1.96. The van der Waals surface area contributed by atoms with Crippen LogP contribution in [-0.4, -0.2) is 50.0 Å². The molecule has 1 atom stereocenters. The predicted molar refractivity (Wildman–Crippen MR) is 140 cm³/mol. The quantitative estimate of drug-likeness (QED) is 0.511. The molecule has 2 amide bonds. The van der Waals surface area contributed by atoms with Crippen LogP contribution in [0.15, 0.2) is 48.5 Å². The second-order valence-corrected chi connectivity index (χ2v) is 11.3. The molecule has 2 aromatic rings. The molecular formula is C26H34ClN3O4S. The number of sulfonamides is 1. The van der Waals surface area contributed by atoms with Crippen molar-refractivity contribution in [2.45, 2.75) is 64.6 Å². The highest BCUT2D eigenvalue weighted by Crippen LogP contribution is 2.25. The lowest BCUT2D eigenvalue weighted by atomic mass is 10.1. The Morgan fingerprint density at radius 1 is 1.06 bits per heavy atom. The molecule has 0 heterocycles. The zero-order valence-electron chi connectivity index (χ0n) is 20.5. The van der Waals surface area contributed by atoms with Crippen LogP contribution in [0.2, 0.25) is 5.02 Å². The third kappa shape index (κ3) is 6.98. The van der Waals surface area contributed by atoms with Crippen molar-refractivity contribution in [2.75, 3.05) is 17.1 Å². The second kappa shape index (κ2) is 11.9. The monoisotopic (exact) mass is 519 g/mol. The third-order valence-electron chi connectivity index (χ3n) is 6.49. The molecule has 190 valence electrons. The van der Waals surface area contributed by atoms with Crippen molar-refractivity contribution >= 4 is 39.1 Å². The minimum Gasteiger partial charge on any atom is -0.352 e. The minimum absolute atomic E-state index is 0.0881. The van der Waals surface area contributed by atoms with Gasteiger partial charge in [0.05, 0.1) is 11.9 Å². The standard InChI is InChI=1S/C26H34ClN3O4S/c1-4-20-11-6-10-16-24(20)30(35(3,33)34)18-25(31)29(17-21-12-5-9-15-23(21)27)19(2)26(32)28-22-13-7-8-14-22/h5-6,9-12,15-16,19,22H,4,7-8,13-14,17-18H2,1-3H3,(H,28,32)/t19-/m1/s1. The van der Waals surface area contributed by atoms with Crippen molar-refractivity contribution in [2.24, 2.45) is 0 Å². The summed E-state index contributed by atoms with van der Waals surface area (Å²) < 4.78 is 26.6. The Bertz CT molecular complexity index is 1150. The second-order valence-electron chi connectivity index (χ2n) is 9.03. The highest BCUT2D eigenvalue weighted by Gasteiger charge is 2.32. The number of rotatable bonds is 10. The van der Waals surface area contributed by atoms with Crippen LogP contribution in [0.3, 0.4) is 0 Å². The number of benzene rings is 2. The van der Waals surface area contributed by atoms with Gasteiger partial charge in [0.1, 0.15) is 12.6 Å². The van der Waals surface area contributed by atoms with Crippen LogP contribution in [0.5, 0.6) is 0 Å². The molecular weight excluding hydrogens is 486 g/mol. The van der Waals surface area contributed by atoms with E-state index in [9.17, 15) is 18.0 Å².